The van der Waals surface area contributed by atoms with Crippen molar-refractivity contribution in [1.29, 1.82) is 0 Å². The molecular formula is C11H12ClN3O. The molecule has 0 aliphatic carbocycles. The first kappa shape index (κ1) is 10.8. The highest BCUT2D eigenvalue weighted by Gasteiger charge is 2.01. The number of nitrogens with zero attached hydrogens (tertiary/aromatic N) is 1. The number of H-pyrrole nitrogens is 1. The molecule has 0 saturated heterocycles. The Hall–Kier alpha value is -1.68. The molecule has 2 N–H and O–H groups in total. The molecule has 1 aromatic heterocycles. The van der Waals surface area contributed by atoms with Crippen molar-refractivity contribution in [2.24, 2.45) is 0 Å². The summed E-state index contributed by atoms with van der Waals surface area (Å²) in [5.41, 5.74) is 1.98. The van der Waals surface area contributed by atoms with Crippen LogP contribution in [0.5, 0.6) is 5.75 Å². The first-order valence-electron chi connectivity index (χ1n) is 4.85. The van der Waals surface area contributed by atoms with Gasteiger partial charge in [0, 0.05) is 18.0 Å². The van der Waals surface area contributed by atoms with E-state index in [2.05, 4.69) is 15.5 Å². The van der Waals surface area contributed by atoms with Crippen LogP contribution in [0.25, 0.3) is 0 Å². The second-order valence-electron chi connectivity index (χ2n) is 3.28. The van der Waals surface area contributed by atoms with E-state index in [9.17, 15) is 0 Å². The minimum atomic E-state index is 0.606. The quantitative estimate of drug-likeness (QED) is 0.860. The molecule has 16 heavy (non-hydrogen) atoms. The van der Waals surface area contributed by atoms with E-state index in [-0.39, 0.29) is 0 Å². The second kappa shape index (κ2) is 4.90. The van der Waals surface area contributed by atoms with Gasteiger partial charge in [-0.25, -0.2) is 0 Å². The molecule has 0 aliphatic rings. The predicted molar refractivity (Wildman–Crippen MR) is 63.9 cm³/mol. The molecule has 0 aliphatic heterocycles. The zero-order valence-electron chi connectivity index (χ0n) is 8.83. The van der Waals surface area contributed by atoms with Crippen LogP contribution in [0.15, 0.2) is 30.5 Å². The van der Waals surface area contributed by atoms with E-state index in [0.29, 0.717) is 17.3 Å². The fourth-order valence-corrected chi connectivity index (χ4v) is 1.54. The Kier molecular flexibility index (Phi) is 3.31. The molecule has 0 unspecified atom stereocenters. The third-order valence-electron chi connectivity index (χ3n) is 2.19. The fourth-order valence-electron chi connectivity index (χ4n) is 1.35. The van der Waals surface area contributed by atoms with Crippen LogP contribution in [0, 0.1) is 0 Å². The van der Waals surface area contributed by atoms with E-state index in [4.69, 9.17) is 16.3 Å². The van der Waals surface area contributed by atoms with Gasteiger partial charge in [0.25, 0.3) is 0 Å². The van der Waals surface area contributed by atoms with Crippen LogP contribution >= 0.6 is 11.6 Å². The fraction of sp³-hybridized carbons (Fsp3) is 0.182. The Labute approximate surface area is 98.6 Å². The molecule has 0 spiro atoms. The largest absolute Gasteiger partial charge is 0.495 e. The van der Waals surface area contributed by atoms with E-state index in [1.165, 1.54) is 0 Å². The van der Waals surface area contributed by atoms with E-state index in [1.54, 1.807) is 19.4 Å². The number of aromatic nitrogens is 2. The number of hydrogen-bond acceptors (Lipinski definition) is 3. The maximum Gasteiger partial charge on any atom is 0.139 e. The van der Waals surface area contributed by atoms with Gasteiger partial charge in [0.15, 0.2) is 0 Å². The summed E-state index contributed by atoms with van der Waals surface area (Å²) in [7, 11) is 1.60. The first-order valence-corrected chi connectivity index (χ1v) is 5.23. The molecule has 0 amide bonds. The summed E-state index contributed by atoms with van der Waals surface area (Å²) in [5.74, 6) is 0.663. The van der Waals surface area contributed by atoms with Gasteiger partial charge in [0.2, 0.25) is 0 Å². The lowest BCUT2D eigenvalue weighted by Gasteiger charge is -2.08. The lowest BCUT2D eigenvalue weighted by atomic mass is 10.3. The van der Waals surface area contributed by atoms with Crippen LogP contribution in [0.3, 0.4) is 0 Å². The van der Waals surface area contributed by atoms with Gasteiger partial charge in [-0.2, -0.15) is 5.10 Å². The van der Waals surface area contributed by atoms with E-state index < -0.39 is 0 Å². The average molecular weight is 238 g/mol. The maximum absolute atomic E-state index is 5.93. The molecule has 0 saturated carbocycles. The monoisotopic (exact) mass is 237 g/mol. The number of halogens is 1. The maximum atomic E-state index is 5.93. The number of aromatic amines is 1. The summed E-state index contributed by atoms with van der Waals surface area (Å²) >= 11 is 5.93. The van der Waals surface area contributed by atoms with Gasteiger partial charge in [-0.1, -0.05) is 11.6 Å². The van der Waals surface area contributed by atoms with Gasteiger partial charge in [-0.15, -0.1) is 0 Å². The molecule has 5 heteroatoms. The van der Waals surface area contributed by atoms with Crippen LogP contribution in [0.4, 0.5) is 5.69 Å². The lowest BCUT2D eigenvalue weighted by molar-refractivity contribution is 0.415. The summed E-state index contributed by atoms with van der Waals surface area (Å²) in [4.78, 5) is 0. The number of nitrogens with one attached hydrogen (secondary N) is 2. The minimum Gasteiger partial charge on any atom is -0.495 e. The molecule has 84 valence electrons. The van der Waals surface area contributed by atoms with Crippen molar-refractivity contribution in [1.82, 2.24) is 10.2 Å². The molecule has 2 aromatic rings. The highest BCUT2D eigenvalue weighted by atomic mass is 35.5. The number of anilines is 1. The number of hydrogen-bond donors (Lipinski definition) is 2. The molecule has 0 atom stereocenters. The highest BCUT2D eigenvalue weighted by Crippen LogP contribution is 2.27. The molecule has 1 aromatic carbocycles. The van der Waals surface area contributed by atoms with E-state index >= 15 is 0 Å². The standard InChI is InChI=1S/C11H12ClN3O/c1-16-11-6-8(2-3-10(11)12)13-7-9-4-5-14-15-9/h2-6,13H,7H2,1H3,(H,14,15). The van der Waals surface area contributed by atoms with Crippen LogP contribution in [0.2, 0.25) is 5.02 Å². The molecular weight excluding hydrogens is 226 g/mol. The number of ether oxygens (including phenoxy) is 1. The smallest absolute Gasteiger partial charge is 0.139 e. The second-order valence-corrected chi connectivity index (χ2v) is 3.69. The van der Waals surface area contributed by atoms with Gasteiger partial charge in [-0.3, -0.25) is 5.10 Å². The van der Waals surface area contributed by atoms with Crippen molar-refractivity contribution in [3.63, 3.8) is 0 Å². The van der Waals surface area contributed by atoms with Crippen LogP contribution in [-0.2, 0) is 6.54 Å². The third-order valence-corrected chi connectivity index (χ3v) is 2.50. The van der Waals surface area contributed by atoms with Gasteiger partial charge >= 0.3 is 0 Å². The SMILES string of the molecule is COc1cc(NCc2ccn[nH]2)ccc1Cl. The Morgan fingerprint density at radius 2 is 2.31 bits per heavy atom. The van der Waals surface area contributed by atoms with Gasteiger partial charge < -0.3 is 10.1 Å². The highest BCUT2D eigenvalue weighted by molar-refractivity contribution is 6.32. The number of methoxy groups -OCH3 is 1. The van der Waals surface area contributed by atoms with E-state index in [1.807, 2.05) is 18.2 Å². The first-order chi connectivity index (χ1) is 7.79. The van der Waals surface area contributed by atoms with Crippen molar-refractivity contribution in [3.8, 4) is 5.75 Å². The lowest BCUT2D eigenvalue weighted by Crippen LogP contribution is -2.00. The minimum absolute atomic E-state index is 0.606. The molecule has 0 radical (unpaired) electrons. The molecule has 0 bridgehead atoms. The summed E-state index contributed by atoms with van der Waals surface area (Å²) < 4.78 is 5.13. The Bertz CT molecular complexity index is 456. The third kappa shape index (κ3) is 2.46. The zero-order valence-corrected chi connectivity index (χ0v) is 9.58. The van der Waals surface area contributed by atoms with Gasteiger partial charge in [0.05, 0.1) is 24.4 Å². The van der Waals surface area contributed by atoms with Crippen LogP contribution in [0.1, 0.15) is 5.69 Å². The van der Waals surface area contributed by atoms with E-state index in [0.717, 1.165) is 11.4 Å². The van der Waals surface area contributed by atoms with Crippen molar-refractivity contribution in [3.05, 3.63) is 41.2 Å². The van der Waals surface area contributed by atoms with Gasteiger partial charge in [-0.05, 0) is 18.2 Å². The molecule has 1 heterocycles. The normalized spacial score (nSPS) is 10.1. The van der Waals surface area contributed by atoms with Crippen molar-refractivity contribution < 1.29 is 4.74 Å². The molecule has 2 rings (SSSR count). The van der Waals surface area contributed by atoms with Crippen LogP contribution in [-0.4, -0.2) is 17.3 Å². The van der Waals surface area contributed by atoms with Crippen LogP contribution < -0.4 is 10.1 Å². The summed E-state index contributed by atoms with van der Waals surface area (Å²) in [6, 6.07) is 7.48. The molecule has 0 fully saturated rings. The topological polar surface area (TPSA) is 49.9 Å². The Morgan fingerprint density at radius 1 is 1.44 bits per heavy atom. The number of benzene rings is 1. The Balaban J connectivity index is 2.04. The predicted octanol–water partition coefficient (Wildman–Crippen LogP) is 2.68. The molecule has 4 nitrogen and oxygen atoms in total. The van der Waals surface area contributed by atoms with Crippen molar-refractivity contribution in [2.45, 2.75) is 6.54 Å². The Morgan fingerprint density at radius 3 is 3.00 bits per heavy atom. The zero-order chi connectivity index (χ0) is 11.4. The van der Waals surface area contributed by atoms with Crippen molar-refractivity contribution in [2.75, 3.05) is 12.4 Å². The summed E-state index contributed by atoms with van der Waals surface area (Å²) in [5, 5.41) is 10.6. The number of rotatable bonds is 4. The van der Waals surface area contributed by atoms with Gasteiger partial charge in [0.1, 0.15) is 5.75 Å². The summed E-state index contributed by atoms with van der Waals surface area (Å²) in [6.07, 6.45) is 1.72. The average Bonchev–Trinajstić information content (AvgIpc) is 2.81. The van der Waals surface area contributed by atoms with Crippen molar-refractivity contribution >= 4 is 17.3 Å². The summed E-state index contributed by atoms with van der Waals surface area (Å²) in [6.45, 7) is 0.685.